The zero-order chi connectivity index (χ0) is 20.1. The summed E-state index contributed by atoms with van der Waals surface area (Å²) in [6.07, 6.45) is 2.65. The van der Waals surface area contributed by atoms with Crippen molar-refractivity contribution in [2.45, 2.75) is 13.0 Å². The summed E-state index contributed by atoms with van der Waals surface area (Å²) in [4.78, 5) is 13.4. The molecule has 1 saturated heterocycles. The average Bonchev–Trinajstić information content (AvgIpc) is 2.97. The topological polar surface area (TPSA) is 41.5 Å². The highest BCUT2D eigenvalue weighted by molar-refractivity contribution is 5.34. The van der Waals surface area contributed by atoms with Gasteiger partial charge in [0.05, 0.1) is 0 Å². The monoisotopic (exact) mass is 396 g/mol. The second-order valence-corrected chi connectivity index (χ2v) is 6.99. The molecule has 29 heavy (non-hydrogen) atoms. The Balaban J connectivity index is 1.38. The predicted octanol–water partition coefficient (Wildman–Crippen LogP) is 4.26. The molecule has 0 saturated carbocycles. The lowest BCUT2D eigenvalue weighted by atomic mass is 10.2. The summed E-state index contributed by atoms with van der Waals surface area (Å²) in [7, 11) is 0. The van der Waals surface area contributed by atoms with E-state index < -0.39 is 0 Å². The van der Waals surface area contributed by atoms with Crippen LogP contribution in [0.2, 0.25) is 0 Å². The Bertz CT molecular complexity index is 934. The van der Waals surface area contributed by atoms with Crippen molar-refractivity contribution >= 4 is 5.95 Å². The first kappa shape index (κ1) is 19.3. The Kier molecular flexibility index (Phi) is 5.95. The van der Waals surface area contributed by atoms with Crippen molar-refractivity contribution in [1.82, 2.24) is 14.9 Å². The van der Waals surface area contributed by atoms with Crippen molar-refractivity contribution in [2.24, 2.45) is 0 Å². The van der Waals surface area contributed by atoms with E-state index in [1.807, 2.05) is 12.1 Å². The summed E-state index contributed by atoms with van der Waals surface area (Å²) in [5, 5.41) is 0. The lowest BCUT2D eigenvalue weighted by Gasteiger charge is -2.22. The second-order valence-electron chi connectivity index (χ2n) is 6.99. The molecule has 0 amide bonds. The van der Waals surface area contributed by atoms with Crippen molar-refractivity contribution in [2.75, 3.05) is 31.1 Å². The molecule has 2 heterocycles. The molecule has 0 aliphatic carbocycles. The van der Waals surface area contributed by atoms with Gasteiger partial charge >= 0.3 is 0 Å². The van der Waals surface area contributed by atoms with Gasteiger partial charge in [-0.2, -0.15) is 4.98 Å². The number of anilines is 1. The molecule has 1 fully saturated rings. The van der Waals surface area contributed by atoms with Crippen molar-refractivity contribution in [3.05, 3.63) is 78.0 Å². The van der Waals surface area contributed by atoms with Crippen LogP contribution in [0.15, 0.2) is 60.8 Å². The molecule has 0 atom stereocenters. The van der Waals surface area contributed by atoms with E-state index in [9.17, 15) is 8.78 Å². The van der Waals surface area contributed by atoms with Gasteiger partial charge in [0.15, 0.2) is 0 Å². The predicted molar refractivity (Wildman–Crippen MR) is 107 cm³/mol. The maximum absolute atomic E-state index is 13.1. The van der Waals surface area contributed by atoms with E-state index in [-0.39, 0.29) is 11.6 Å². The maximum Gasteiger partial charge on any atom is 0.228 e. The standard InChI is InChI=1S/C22H22F2N4O/c23-18-4-2-17(3-5-18)16-27-12-1-13-28(15-14-27)22-25-11-10-21(26-22)29-20-8-6-19(24)7-9-20/h2-11H,1,12-16H2. The molecule has 0 radical (unpaired) electrons. The Hall–Kier alpha value is -3.06. The molecule has 1 aliphatic heterocycles. The van der Waals surface area contributed by atoms with Gasteiger partial charge in [-0.25, -0.2) is 13.8 Å². The fourth-order valence-corrected chi connectivity index (χ4v) is 3.34. The number of aromatic nitrogens is 2. The zero-order valence-electron chi connectivity index (χ0n) is 16.0. The van der Waals surface area contributed by atoms with Gasteiger partial charge in [-0.05, 0) is 48.4 Å². The van der Waals surface area contributed by atoms with Crippen LogP contribution in [0.5, 0.6) is 11.6 Å². The number of ether oxygens (including phenoxy) is 1. The molecular formula is C22H22F2N4O. The summed E-state index contributed by atoms with van der Waals surface area (Å²) in [6, 6.07) is 14.2. The highest BCUT2D eigenvalue weighted by Gasteiger charge is 2.18. The second kappa shape index (κ2) is 8.96. The molecule has 7 heteroatoms. The van der Waals surface area contributed by atoms with E-state index in [0.29, 0.717) is 17.6 Å². The Labute approximate surface area is 168 Å². The third kappa shape index (κ3) is 5.26. The lowest BCUT2D eigenvalue weighted by molar-refractivity contribution is 0.285. The third-order valence-corrected chi connectivity index (χ3v) is 4.84. The van der Waals surface area contributed by atoms with Crippen LogP contribution < -0.4 is 9.64 Å². The summed E-state index contributed by atoms with van der Waals surface area (Å²) in [5.74, 6) is 1.05. The van der Waals surface area contributed by atoms with Gasteiger partial charge in [0.1, 0.15) is 17.4 Å². The van der Waals surface area contributed by atoms with E-state index in [4.69, 9.17) is 4.74 Å². The van der Waals surface area contributed by atoms with Gasteiger partial charge in [0, 0.05) is 45.0 Å². The van der Waals surface area contributed by atoms with Crippen LogP contribution in [-0.4, -0.2) is 41.0 Å². The van der Waals surface area contributed by atoms with E-state index in [2.05, 4.69) is 19.8 Å². The number of nitrogens with zero attached hydrogens (tertiary/aromatic N) is 4. The van der Waals surface area contributed by atoms with Gasteiger partial charge in [0.2, 0.25) is 11.8 Å². The van der Waals surface area contributed by atoms with Crippen molar-refractivity contribution < 1.29 is 13.5 Å². The van der Waals surface area contributed by atoms with Crippen LogP contribution in [0, 0.1) is 11.6 Å². The van der Waals surface area contributed by atoms with Crippen LogP contribution in [0.1, 0.15) is 12.0 Å². The first-order valence-corrected chi connectivity index (χ1v) is 9.64. The minimum absolute atomic E-state index is 0.212. The van der Waals surface area contributed by atoms with Crippen molar-refractivity contribution in [1.29, 1.82) is 0 Å². The van der Waals surface area contributed by atoms with E-state index in [0.717, 1.165) is 44.7 Å². The van der Waals surface area contributed by atoms with Crippen LogP contribution in [-0.2, 0) is 6.54 Å². The number of hydrogen-bond acceptors (Lipinski definition) is 5. The van der Waals surface area contributed by atoms with Crippen LogP contribution in [0.25, 0.3) is 0 Å². The molecule has 0 unspecified atom stereocenters. The van der Waals surface area contributed by atoms with Gasteiger partial charge < -0.3 is 9.64 Å². The van der Waals surface area contributed by atoms with Gasteiger partial charge in [0.25, 0.3) is 0 Å². The zero-order valence-corrected chi connectivity index (χ0v) is 16.0. The Morgan fingerprint density at radius 3 is 2.31 bits per heavy atom. The molecule has 150 valence electrons. The molecule has 1 aromatic heterocycles. The first-order chi connectivity index (χ1) is 14.2. The fraction of sp³-hybridized carbons (Fsp3) is 0.273. The Morgan fingerprint density at radius 1 is 0.828 bits per heavy atom. The summed E-state index contributed by atoms with van der Waals surface area (Å²) >= 11 is 0. The molecule has 0 spiro atoms. The molecule has 1 aliphatic rings. The quantitative estimate of drug-likeness (QED) is 0.645. The van der Waals surface area contributed by atoms with Gasteiger partial charge in [-0.3, -0.25) is 4.90 Å². The molecule has 2 aromatic carbocycles. The third-order valence-electron chi connectivity index (χ3n) is 4.84. The molecule has 0 N–H and O–H groups in total. The number of halogens is 2. The fourth-order valence-electron chi connectivity index (χ4n) is 3.34. The smallest absolute Gasteiger partial charge is 0.228 e. The normalized spacial score (nSPS) is 15.2. The maximum atomic E-state index is 13.1. The minimum Gasteiger partial charge on any atom is -0.439 e. The van der Waals surface area contributed by atoms with E-state index in [1.54, 1.807) is 24.4 Å². The summed E-state index contributed by atoms with van der Waals surface area (Å²) < 4.78 is 31.9. The largest absolute Gasteiger partial charge is 0.439 e. The molecule has 0 bridgehead atoms. The highest BCUT2D eigenvalue weighted by atomic mass is 19.1. The Morgan fingerprint density at radius 2 is 1.55 bits per heavy atom. The van der Waals surface area contributed by atoms with Crippen LogP contribution in [0.3, 0.4) is 0 Å². The van der Waals surface area contributed by atoms with Crippen LogP contribution >= 0.6 is 0 Å². The van der Waals surface area contributed by atoms with E-state index >= 15 is 0 Å². The minimum atomic E-state index is -0.310. The molecule has 5 nitrogen and oxygen atoms in total. The highest BCUT2D eigenvalue weighted by Crippen LogP contribution is 2.22. The molecule has 4 rings (SSSR count). The van der Waals surface area contributed by atoms with Crippen LogP contribution in [0.4, 0.5) is 14.7 Å². The summed E-state index contributed by atoms with van der Waals surface area (Å²) in [5.41, 5.74) is 1.10. The van der Waals surface area contributed by atoms with E-state index in [1.165, 1.54) is 24.3 Å². The number of hydrogen-bond donors (Lipinski definition) is 0. The SMILES string of the molecule is Fc1ccc(CN2CCCN(c3nccc(Oc4ccc(F)cc4)n3)CC2)cc1. The number of benzene rings is 2. The van der Waals surface area contributed by atoms with Gasteiger partial charge in [-0.1, -0.05) is 12.1 Å². The van der Waals surface area contributed by atoms with Crippen molar-refractivity contribution in [3.8, 4) is 11.6 Å². The number of rotatable bonds is 5. The molecular weight excluding hydrogens is 374 g/mol. The molecule has 3 aromatic rings. The average molecular weight is 396 g/mol. The lowest BCUT2D eigenvalue weighted by Crippen LogP contribution is -2.31. The summed E-state index contributed by atoms with van der Waals surface area (Å²) in [6.45, 7) is 4.26. The van der Waals surface area contributed by atoms with Gasteiger partial charge in [-0.15, -0.1) is 0 Å². The van der Waals surface area contributed by atoms with Crippen molar-refractivity contribution in [3.63, 3.8) is 0 Å². The first-order valence-electron chi connectivity index (χ1n) is 9.64.